The molecule has 1 aromatic rings. The molecule has 2 amide bonds. The minimum Gasteiger partial charge on any atom is -0.369 e. The van der Waals surface area contributed by atoms with E-state index in [1.165, 1.54) is 0 Å². The first kappa shape index (κ1) is 16.7. The van der Waals surface area contributed by atoms with E-state index in [2.05, 4.69) is 15.5 Å². The van der Waals surface area contributed by atoms with Gasteiger partial charge in [0.25, 0.3) is 0 Å². The number of nitrogens with one attached hydrogen (secondary N) is 1. The highest BCUT2D eigenvalue weighted by Crippen LogP contribution is 2.23. The average molecular weight is 310 g/mol. The summed E-state index contributed by atoms with van der Waals surface area (Å²) in [4.78, 5) is 18.6. The average Bonchev–Trinajstić information content (AvgIpc) is 2.79. The van der Waals surface area contributed by atoms with Crippen molar-refractivity contribution in [3.63, 3.8) is 0 Å². The Morgan fingerprint density at radius 3 is 2.64 bits per heavy atom. The van der Waals surface area contributed by atoms with Crippen LogP contribution in [0, 0.1) is 12.8 Å². The summed E-state index contributed by atoms with van der Waals surface area (Å²) >= 11 is 0. The fourth-order valence-electron chi connectivity index (χ4n) is 2.79. The number of aryl methyl sites for hydroxylation is 1. The predicted octanol–water partition coefficient (Wildman–Crippen LogP) is 2.28. The minimum absolute atomic E-state index is 0.0117. The van der Waals surface area contributed by atoms with E-state index in [1.807, 2.05) is 34.6 Å². The number of carbonyl (C=O) groups excluding carboxylic acids is 1. The Balaban J connectivity index is 2.08. The lowest BCUT2D eigenvalue weighted by atomic mass is 10.0. The highest BCUT2D eigenvalue weighted by Gasteiger charge is 2.35. The molecule has 1 aliphatic rings. The standard InChI is InChI=1S/C15H26N4O3/c1-9(2)12(13-16-11(4)18-22-13)17-14(20)19-7-10(3)21-15(5,6)8-19/h9-10,12H,7-8H2,1-6H3,(H,17,20)/t10-,12+/m1/s1. The van der Waals surface area contributed by atoms with Crippen molar-refractivity contribution in [3.8, 4) is 0 Å². The van der Waals surface area contributed by atoms with Gasteiger partial charge in [-0.15, -0.1) is 0 Å². The molecule has 0 saturated carbocycles. The molecule has 22 heavy (non-hydrogen) atoms. The van der Waals surface area contributed by atoms with Crippen molar-refractivity contribution in [3.05, 3.63) is 11.7 Å². The zero-order valence-corrected chi connectivity index (χ0v) is 14.2. The Bertz CT molecular complexity index is 527. The van der Waals surface area contributed by atoms with E-state index < -0.39 is 0 Å². The first-order valence-corrected chi connectivity index (χ1v) is 7.71. The second-order valence-electron chi connectivity index (χ2n) is 6.92. The second kappa shape index (κ2) is 6.24. The summed E-state index contributed by atoms with van der Waals surface area (Å²) in [6.07, 6.45) is 0.0117. The molecule has 124 valence electrons. The number of carbonyl (C=O) groups is 1. The molecule has 2 atom stereocenters. The van der Waals surface area contributed by atoms with Gasteiger partial charge in [-0.2, -0.15) is 4.98 Å². The van der Waals surface area contributed by atoms with E-state index in [-0.39, 0.29) is 29.7 Å². The van der Waals surface area contributed by atoms with Gasteiger partial charge >= 0.3 is 6.03 Å². The van der Waals surface area contributed by atoms with Gasteiger partial charge in [0, 0.05) is 6.54 Å². The highest BCUT2D eigenvalue weighted by molar-refractivity contribution is 5.74. The zero-order chi connectivity index (χ0) is 16.5. The Labute approximate surface area is 131 Å². The molecular weight excluding hydrogens is 284 g/mol. The molecule has 0 bridgehead atoms. The maximum absolute atomic E-state index is 12.6. The van der Waals surface area contributed by atoms with Crippen molar-refractivity contribution < 1.29 is 14.1 Å². The number of rotatable bonds is 3. The van der Waals surface area contributed by atoms with Crippen molar-refractivity contribution in [1.29, 1.82) is 0 Å². The van der Waals surface area contributed by atoms with Gasteiger partial charge in [0.2, 0.25) is 5.89 Å². The Kier molecular flexibility index (Phi) is 4.75. The van der Waals surface area contributed by atoms with Gasteiger partial charge in [-0.1, -0.05) is 19.0 Å². The number of hydrogen-bond donors (Lipinski definition) is 1. The van der Waals surface area contributed by atoms with Gasteiger partial charge in [-0.25, -0.2) is 4.79 Å². The molecule has 1 N–H and O–H groups in total. The summed E-state index contributed by atoms with van der Waals surface area (Å²) in [5, 5.41) is 6.81. The first-order chi connectivity index (χ1) is 10.2. The third-order valence-electron chi connectivity index (χ3n) is 3.61. The van der Waals surface area contributed by atoms with Crippen LogP contribution in [0.3, 0.4) is 0 Å². The largest absolute Gasteiger partial charge is 0.369 e. The fraction of sp³-hybridized carbons (Fsp3) is 0.800. The molecule has 0 radical (unpaired) electrons. The van der Waals surface area contributed by atoms with E-state index in [1.54, 1.807) is 11.8 Å². The predicted molar refractivity (Wildman–Crippen MR) is 81.3 cm³/mol. The summed E-state index contributed by atoms with van der Waals surface area (Å²) < 4.78 is 11.1. The third kappa shape index (κ3) is 3.97. The van der Waals surface area contributed by atoms with Gasteiger partial charge in [0.1, 0.15) is 6.04 Å². The topological polar surface area (TPSA) is 80.5 Å². The zero-order valence-electron chi connectivity index (χ0n) is 14.2. The monoisotopic (exact) mass is 310 g/mol. The smallest absolute Gasteiger partial charge is 0.318 e. The molecule has 1 aliphatic heterocycles. The molecule has 1 aromatic heterocycles. The summed E-state index contributed by atoms with van der Waals surface area (Å²) in [7, 11) is 0. The summed E-state index contributed by atoms with van der Waals surface area (Å²) in [6.45, 7) is 12.9. The van der Waals surface area contributed by atoms with E-state index in [0.717, 1.165) is 0 Å². The molecule has 0 unspecified atom stereocenters. The van der Waals surface area contributed by atoms with Crippen LogP contribution in [0.25, 0.3) is 0 Å². The first-order valence-electron chi connectivity index (χ1n) is 7.71. The lowest BCUT2D eigenvalue weighted by Crippen LogP contribution is -2.56. The fourth-order valence-corrected chi connectivity index (χ4v) is 2.79. The van der Waals surface area contributed by atoms with Crippen molar-refractivity contribution in [2.75, 3.05) is 13.1 Å². The van der Waals surface area contributed by atoms with Gasteiger partial charge in [0.15, 0.2) is 5.82 Å². The van der Waals surface area contributed by atoms with Crippen molar-refractivity contribution in [2.24, 2.45) is 5.92 Å². The van der Waals surface area contributed by atoms with Crippen LogP contribution in [-0.2, 0) is 4.74 Å². The number of amides is 2. The number of morpholine rings is 1. The van der Waals surface area contributed by atoms with Crippen LogP contribution in [0.5, 0.6) is 0 Å². The van der Waals surface area contributed by atoms with Crippen LogP contribution in [-0.4, -0.2) is 45.9 Å². The van der Waals surface area contributed by atoms with Crippen LogP contribution in [0.1, 0.15) is 52.4 Å². The minimum atomic E-state index is -0.344. The lowest BCUT2D eigenvalue weighted by Gasteiger charge is -2.42. The maximum atomic E-state index is 12.6. The second-order valence-corrected chi connectivity index (χ2v) is 6.92. The quantitative estimate of drug-likeness (QED) is 0.926. The van der Waals surface area contributed by atoms with E-state index in [0.29, 0.717) is 24.8 Å². The van der Waals surface area contributed by atoms with Gasteiger partial charge < -0.3 is 19.5 Å². The van der Waals surface area contributed by atoms with E-state index in [9.17, 15) is 4.79 Å². The molecular formula is C15H26N4O3. The number of hydrogen-bond acceptors (Lipinski definition) is 5. The molecule has 1 saturated heterocycles. The summed E-state index contributed by atoms with van der Waals surface area (Å²) in [6, 6.07) is -0.423. The summed E-state index contributed by atoms with van der Waals surface area (Å²) in [5.41, 5.74) is -0.344. The number of aromatic nitrogens is 2. The molecule has 0 spiro atoms. The highest BCUT2D eigenvalue weighted by atomic mass is 16.5. The molecule has 2 rings (SSSR count). The molecule has 7 heteroatoms. The summed E-state index contributed by atoms with van der Waals surface area (Å²) in [5.74, 6) is 1.16. The Hall–Kier alpha value is -1.63. The molecule has 0 aromatic carbocycles. The van der Waals surface area contributed by atoms with E-state index in [4.69, 9.17) is 9.26 Å². The Morgan fingerprint density at radius 2 is 2.14 bits per heavy atom. The van der Waals surface area contributed by atoms with Gasteiger partial charge in [0.05, 0.1) is 18.2 Å². The molecule has 0 aliphatic carbocycles. The maximum Gasteiger partial charge on any atom is 0.318 e. The van der Waals surface area contributed by atoms with Crippen molar-refractivity contribution in [1.82, 2.24) is 20.4 Å². The Morgan fingerprint density at radius 1 is 1.45 bits per heavy atom. The number of urea groups is 1. The van der Waals surface area contributed by atoms with E-state index >= 15 is 0 Å². The van der Waals surface area contributed by atoms with Crippen LogP contribution < -0.4 is 5.32 Å². The third-order valence-corrected chi connectivity index (χ3v) is 3.61. The van der Waals surface area contributed by atoms with Crippen LogP contribution in [0.4, 0.5) is 4.79 Å². The number of nitrogens with zero attached hydrogens (tertiary/aromatic N) is 3. The SMILES string of the molecule is Cc1noc([C@@H](NC(=O)N2C[C@@H](C)OC(C)(C)C2)C(C)C)n1. The van der Waals surface area contributed by atoms with Gasteiger partial charge in [-0.3, -0.25) is 0 Å². The van der Waals surface area contributed by atoms with Gasteiger partial charge in [-0.05, 0) is 33.6 Å². The van der Waals surface area contributed by atoms with Crippen LogP contribution in [0.15, 0.2) is 4.52 Å². The lowest BCUT2D eigenvalue weighted by molar-refractivity contribution is -0.117. The van der Waals surface area contributed by atoms with Crippen molar-refractivity contribution >= 4 is 6.03 Å². The molecule has 2 heterocycles. The van der Waals surface area contributed by atoms with Crippen LogP contribution in [0.2, 0.25) is 0 Å². The van der Waals surface area contributed by atoms with Crippen LogP contribution >= 0.6 is 0 Å². The van der Waals surface area contributed by atoms with Crippen molar-refractivity contribution in [2.45, 2.75) is 59.3 Å². The normalized spacial score (nSPS) is 22.7. The number of ether oxygens (including phenoxy) is 1. The molecule has 7 nitrogen and oxygen atoms in total. The molecule has 1 fully saturated rings.